The zero-order valence-electron chi connectivity index (χ0n) is 13.2. The highest BCUT2D eigenvalue weighted by molar-refractivity contribution is 5.71. The number of benzene rings is 1. The average Bonchev–Trinajstić information content (AvgIpc) is 2.34. The molecule has 22 heavy (non-hydrogen) atoms. The number of nitrogens with one attached hydrogen (secondary N) is 1. The lowest BCUT2D eigenvalue weighted by Gasteiger charge is -2.39. The second kappa shape index (κ2) is 6.38. The molecule has 5 nitrogen and oxygen atoms in total. The van der Waals surface area contributed by atoms with Gasteiger partial charge in [-0.15, -0.1) is 0 Å². The first kappa shape index (κ1) is 16.3. The Bertz CT molecular complexity index is 529. The molecule has 0 aromatic heterocycles. The van der Waals surface area contributed by atoms with E-state index in [1.807, 2.05) is 51.1 Å². The average molecular weight is 305 g/mol. The number of carboxylic acids is 1. The van der Waals surface area contributed by atoms with E-state index in [0.717, 1.165) is 5.56 Å². The summed E-state index contributed by atoms with van der Waals surface area (Å²) in [6.07, 6.45) is 0.676. The molecular weight excluding hydrogens is 282 g/mol. The third-order valence-corrected chi connectivity index (χ3v) is 3.83. The van der Waals surface area contributed by atoms with Crippen molar-refractivity contribution in [1.29, 1.82) is 0 Å². The van der Waals surface area contributed by atoms with E-state index in [-0.39, 0.29) is 17.9 Å². The van der Waals surface area contributed by atoms with Gasteiger partial charge in [0.2, 0.25) is 0 Å². The van der Waals surface area contributed by atoms with Gasteiger partial charge in [-0.2, -0.15) is 0 Å². The van der Waals surface area contributed by atoms with Gasteiger partial charge in [-0.25, -0.2) is 4.79 Å². The SMILES string of the molecule is CC(C)(C)OC(=O)NC(c1ccccc1)C1CC(C(=O)O)C1. The maximum Gasteiger partial charge on any atom is 0.408 e. The van der Waals surface area contributed by atoms with Crippen LogP contribution in [0.4, 0.5) is 4.79 Å². The number of amides is 1. The fraction of sp³-hybridized carbons (Fsp3) is 0.529. The number of carbonyl (C=O) groups is 2. The first-order valence-corrected chi connectivity index (χ1v) is 7.53. The monoisotopic (exact) mass is 305 g/mol. The number of ether oxygens (including phenoxy) is 1. The van der Waals surface area contributed by atoms with Crippen molar-refractivity contribution in [1.82, 2.24) is 5.32 Å². The Morgan fingerprint density at radius 3 is 2.32 bits per heavy atom. The molecule has 0 aliphatic heterocycles. The van der Waals surface area contributed by atoms with Crippen molar-refractivity contribution in [2.24, 2.45) is 11.8 Å². The summed E-state index contributed by atoms with van der Waals surface area (Å²) in [6, 6.07) is 9.40. The molecule has 1 saturated carbocycles. The highest BCUT2D eigenvalue weighted by Gasteiger charge is 2.40. The van der Waals surface area contributed by atoms with Gasteiger partial charge in [-0.05, 0) is 45.1 Å². The van der Waals surface area contributed by atoms with Crippen LogP contribution in [0.1, 0.15) is 45.2 Å². The lowest BCUT2D eigenvalue weighted by molar-refractivity contribution is -0.146. The van der Waals surface area contributed by atoms with Crippen LogP contribution in [0.5, 0.6) is 0 Å². The van der Waals surface area contributed by atoms with Crippen molar-refractivity contribution in [3.63, 3.8) is 0 Å². The fourth-order valence-corrected chi connectivity index (χ4v) is 2.70. The van der Waals surface area contributed by atoms with Gasteiger partial charge >= 0.3 is 12.1 Å². The van der Waals surface area contributed by atoms with Crippen molar-refractivity contribution in [3.8, 4) is 0 Å². The number of rotatable bonds is 4. The molecule has 0 saturated heterocycles. The van der Waals surface area contributed by atoms with Gasteiger partial charge in [0.05, 0.1) is 12.0 Å². The lowest BCUT2D eigenvalue weighted by atomic mass is 9.69. The molecular formula is C17H23NO4. The molecule has 1 amide bonds. The minimum absolute atomic E-state index is 0.121. The number of aliphatic carboxylic acids is 1. The van der Waals surface area contributed by atoms with E-state index in [2.05, 4.69) is 5.32 Å². The zero-order valence-corrected chi connectivity index (χ0v) is 13.2. The molecule has 1 aromatic carbocycles. The fourth-order valence-electron chi connectivity index (χ4n) is 2.70. The Morgan fingerprint density at radius 2 is 1.82 bits per heavy atom. The van der Waals surface area contributed by atoms with Gasteiger partial charge in [0.1, 0.15) is 5.60 Å². The van der Waals surface area contributed by atoms with E-state index in [1.165, 1.54) is 0 Å². The molecule has 5 heteroatoms. The Balaban J connectivity index is 2.07. The molecule has 1 atom stereocenters. The Hall–Kier alpha value is -2.04. The van der Waals surface area contributed by atoms with Crippen molar-refractivity contribution in [2.45, 2.75) is 45.3 Å². The van der Waals surface area contributed by atoms with Crippen LogP contribution < -0.4 is 5.32 Å². The van der Waals surface area contributed by atoms with Crippen LogP contribution >= 0.6 is 0 Å². The molecule has 0 bridgehead atoms. The summed E-state index contributed by atoms with van der Waals surface area (Å²) in [5.74, 6) is -0.951. The summed E-state index contributed by atoms with van der Waals surface area (Å²) in [4.78, 5) is 23.0. The van der Waals surface area contributed by atoms with Gasteiger partial charge in [-0.3, -0.25) is 4.79 Å². The van der Waals surface area contributed by atoms with Crippen LogP contribution in [0.3, 0.4) is 0 Å². The Labute approximate surface area is 130 Å². The van der Waals surface area contributed by atoms with Crippen LogP contribution in [0.15, 0.2) is 30.3 Å². The highest BCUT2D eigenvalue weighted by atomic mass is 16.6. The van der Waals surface area contributed by atoms with Crippen molar-refractivity contribution < 1.29 is 19.4 Å². The quantitative estimate of drug-likeness (QED) is 0.894. The molecule has 2 rings (SSSR count). The second-order valence-corrected chi connectivity index (χ2v) is 6.80. The van der Waals surface area contributed by atoms with Crippen LogP contribution in [0.2, 0.25) is 0 Å². The van der Waals surface area contributed by atoms with Crippen molar-refractivity contribution in [3.05, 3.63) is 35.9 Å². The van der Waals surface area contributed by atoms with E-state index in [9.17, 15) is 9.59 Å². The number of hydrogen-bond donors (Lipinski definition) is 2. The molecule has 1 aliphatic carbocycles. The largest absolute Gasteiger partial charge is 0.481 e. The summed E-state index contributed by atoms with van der Waals surface area (Å²) >= 11 is 0. The predicted molar refractivity (Wildman–Crippen MR) is 82.4 cm³/mol. The van der Waals surface area contributed by atoms with E-state index in [1.54, 1.807) is 0 Å². The standard InChI is InChI=1S/C17H23NO4/c1-17(2,3)22-16(21)18-14(11-7-5-4-6-8-11)12-9-13(10-12)15(19)20/h4-8,12-14H,9-10H2,1-3H3,(H,18,21)(H,19,20). The van der Waals surface area contributed by atoms with E-state index in [4.69, 9.17) is 9.84 Å². The summed E-state index contributed by atoms with van der Waals surface area (Å²) < 4.78 is 5.32. The van der Waals surface area contributed by atoms with Gasteiger partial charge in [0.15, 0.2) is 0 Å². The highest BCUT2D eigenvalue weighted by Crippen LogP contribution is 2.42. The molecule has 0 spiro atoms. The minimum atomic E-state index is -0.764. The smallest absolute Gasteiger partial charge is 0.408 e. The topological polar surface area (TPSA) is 75.6 Å². The molecule has 1 aromatic rings. The molecule has 1 fully saturated rings. The number of alkyl carbamates (subject to hydrolysis) is 1. The molecule has 120 valence electrons. The molecule has 1 unspecified atom stereocenters. The van der Waals surface area contributed by atoms with Gasteiger partial charge < -0.3 is 15.2 Å². The minimum Gasteiger partial charge on any atom is -0.481 e. The summed E-state index contributed by atoms with van der Waals surface area (Å²) in [5, 5.41) is 11.9. The molecule has 2 N–H and O–H groups in total. The van der Waals surface area contributed by atoms with E-state index in [0.29, 0.717) is 12.8 Å². The number of hydrogen-bond acceptors (Lipinski definition) is 3. The van der Waals surface area contributed by atoms with Gasteiger partial charge in [0, 0.05) is 0 Å². The summed E-state index contributed by atoms with van der Waals surface area (Å²) in [6.45, 7) is 5.44. The van der Waals surface area contributed by atoms with Crippen LogP contribution in [0.25, 0.3) is 0 Å². The van der Waals surface area contributed by atoms with E-state index >= 15 is 0 Å². The first-order valence-electron chi connectivity index (χ1n) is 7.53. The van der Waals surface area contributed by atoms with Crippen LogP contribution in [-0.2, 0) is 9.53 Å². The van der Waals surface area contributed by atoms with E-state index < -0.39 is 17.7 Å². The Morgan fingerprint density at radius 1 is 1.23 bits per heavy atom. The normalized spacial score (nSPS) is 22.3. The van der Waals surface area contributed by atoms with Crippen LogP contribution in [0, 0.1) is 11.8 Å². The van der Waals surface area contributed by atoms with Crippen molar-refractivity contribution in [2.75, 3.05) is 0 Å². The van der Waals surface area contributed by atoms with Crippen molar-refractivity contribution >= 4 is 12.1 Å². The summed E-state index contributed by atoms with van der Waals surface area (Å²) in [7, 11) is 0. The zero-order chi connectivity index (χ0) is 16.3. The maximum atomic E-state index is 12.1. The van der Waals surface area contributed by atoms with Crippen LogP contribution in [-0.4, -0.2) is 22.8 Å². The van der Waals surface area contributed by atoms with Gasteiger partial charge in [0.25, 0.3) is 0 Å². The molecule has 0 radical (unpaired) electrons. The molecule has 0 heterocycles. The third-order valence-electron chi connectivity index (χ3n) is 3.83. The predicted octanol–water partition coefficient (Wildman–Crippen LogP) is 3.36. The van der Waals surface area contributed by atoms with Gasteiger partial charge in [-0.1, -0.05) is 30.3 Å². The lowest BCUT2D eigenvalue weighted by Crippen LogP contribution is -2.43. The number of carbonyl (C=O) groups excluding carboxylic acids is 1. The third kappa shape index (κ3) is 4.23. The maximum absolute atomic E-state index is 12.1. The summed E-state index contributed by atoms with van der Waals surface area (Å²) in [5.41, 5.74) is 0.413. The number of carboxylic acid groups (broad SMARTS) is 1. The first-order chi connectivity index (χ1) is 10.3. The Kier molecular flexibility index (Phi) is 4.74. The molecule has 1 aliphatic rings. The second-order valence-electron chi connectivity index (χ2n) is 6.80.